The molecule has 0 N–H and O–H groups in total. The zero-order valence-corrected chi connectivity index (χ0v) is 15.6. The van der Waals surface area contributed by atoms with Crippen molar-refractivity contribution in [3.63, 3.8) is 0 Å². The van der Waals surface area contributed by atoms with Crippen molar-refractivity contribution < 1.29 is 22.5 Å². The van der Waals surface area contributed by atoms with Gasteiger partial charge in [-0.2, -0.15) is 18.2 Å². The van der Waals surface area contributed by atoms with Gasteiger partial charge in [0.05, 0.1) is 5.56 Å². The molecule has 0 bridgehead atoms. The fraction of sp³-hybridized carbons (Fsp3) is 0.286. The van der Waals surface area contributed by atoms with Gasteiger partial charge < -0.3 is 9.42 Å². The summed E-state index contributed by atoms with van der Waals surface area (Å²) >= 11 is 0. The van der Waals surface area contributed by atoms with Crippen molar-refractivity contribution in [1.29, 1.82) is 0 Å². The Morgan fingerprint density at radius 1 is 1.10 bits per heavy atom. The first-order chi connectivity index (χ1) is 13.8. The minimum Gasteiger partial charge on any atom is -0.338 e. The van der Waals surface area contributed by atoms with Gasteiger partial charge in [-0.25, -0.2) is 0 Å². The topological polar surface area (TPSA) is 59.2 Å². The van der Waals surface area contributed by atoms with E-state index in [9.17, 15) is 18.0 Å². The Labute approximate surface area is 165 Å². The van der Waals surface area contributed by atoms with Crippen LogP contribution in [0.3, 0.4) is 0 Å². The lowest BCUT2D eigenvalue weighted by Gasteiger charge is -2.16. The van der Waals surface area contributed by atoms with Crippen LogP contribution < -0.4 is 0 Å². The molecule has 4 rings (SSSR count). The van der Waals surface area contributed by atoms with E-state index in [-0.39, 0.29) is 24.8 Å². The lowest BCUT2D eigenvalue weighted by molar-refractivity contribution is -0.137. The molecule has 2 heterocycles. The highest BCUT2D eigenvalue weighted by molar-refractivity contribution is 5.79. The molecule has 0 spiro atoms. The average Bonchev–Trinajstić information content (AvgIpc) is 3.30. The van der Waals surface area contributed by atoms with Gasteiger partial charge in [-0.15, -0.1) is 0 Å². The van der Waals surface area contributed by atoms with Gasteiger partial charge >= 0.3 is 6.18 Å². The third kappa shape index (κ3) is 4.16. The SMILES string of the molecule is Cc1ccc(-c2nc(C3CC(=O)N(Cc4ccc(C(F)(F)F)cc4)C3)no2)cc1. The molecule has 1 saturated heterocycles. The van der Waals surface area contributed by atoms with Crippen LogP contribution in [0.15, 0.2) is 53.1 Å². The van der Waals surface area contributed by atoms with Crippen molar-refractivity contribution >= 4 is 5.91 Å². The monoisotopic (exact) mass is 401 g/mol. The molecule has 1 atom stereocenters. The van der Waals surface area contributed by atoms with Crippen LogP contribution in [-0.2, 0) is 17.5 Å². The smallest absolute Gasteiger partial charge is 0.338 e. The summed E-state index contributed by atoms with van der Waals surface area (Å²) in [7, 11) is 0. The highest BCUT2D eigenvalue weighted by atomic mass is 19.4. The predicted octanol–water partition coefficient (Wildman–Crippen LogP) is 4.58. The Morgan fingerprint density at radius 2 is 1.79 bits per heavy atom. The van der Waals surface area contributed by atoms with Crippen LogP contribution in [0.2, 0.25) is 0 Å². The van der Waals surface area contributed by atoms with E-state index >= 15 is 0 Å². The third-order valence-corrected chi connectivity index (χ3v) is 4.97. The number of carbonyl (C=O) groups excluding carboxylic acids is 1. The van der Waals surface area contributed by atoms with E-state index in [0.29, 0.717) is 23.8 Å². The number of likely N-dealkylation sites (tertiary alicyclic amines) is 1. The largest absolute Gasteiger partial charge is 0.416 e. The van der Waals surface area contributed by atoms with Crippen molar-refractivity contribution in [2.24, 2.45) is 0 Å². The first-order valence-electron chi connectivity index (χ1n) is 9.14. The van der Waals surface area contributed by atoms with Gasteiger partial charge in [-0.05, 0) is 36.8 Å². The van der Waals surface area contributed by atoms with E-state index in [2.05, 4.69) is 10.1 Å². The van der Waals surface area contributed by atoms with Gasteiger partial charge in [0, 0.05) is 31.0 Å². The summed E-state index contributed by atoms with van der Waals surface area (Å²) in [6.07, 6.45) is -4.13. The standard InChI is InChI=1S/C21H18F3N3O2/c1-13-2-6-15(7-3-13)20-25-19(26-29-20)16-10-18(28)27(12-16)11-14-4-8-17(9-5-14)21(22,23)24/h2-9,16H,10-12H2,1H3. The average molecular weight is 401 g/mol. The highest BCUT2D eigenvalue weighted by Crippen LogP contribution is 2.31. The zero-order valence-electron chi connectivity index (χ0n) is 15.6. The van der Waals surface area contributed by atoms with Crippen molar-refractivity contribution in [3.05, 3.63) is 71.0 Å². The van der Waals surface area contributed by atoms with E-state index < -0.39 is 11.7 Å². The Kier molecular flexibility index (Phi) is 4.86. The molecule has 150 valence electrons. The normalized spacial score (nSPS) is 17.2. The van der Waals surface area contributed by atoms with Crippen LogP contribution in [0, 0.1) is 6.92 Å². The lowest BCUT2D eigenvalue weighted by Crippen LogP contribution is -2.24. The number of hydrogen-bond donors (Lipinski definition) is 0. The zero-order chi connectivity index (χ0) is 20.6. The maximum absolute atomic E-state index is 12.7. The quantitative estimate of drug-likeness (QED) is 0.642. The first-order valence-corrected chi connectivity index (χ1v) is 9.14. The van der Waals surface area contributed by atoms with Crippen molar-refractivity contribution in [2.75, 3.05) is 6.54 Å². The molecule has 1 amide bonds. The molecule has 1 unspecified atom stereocenters. The number of alkyl halides is 3. The number of amides is 1. The molecule has 0 radical (unpaired) electrons. The predicted molar refractivity (Wildman–Crippen MR) is 98.7 cm³/mol. The number of carbonyl (C=O) groups is 1. The van der Waals surface area contributed by atoms with Crippen molar-refractivity contribution in [3.8, 4) is 11.5 Å². The minimum absolute atomic E-state index is 0.0865. The molecule has 5 nitrogen and oxygen atoms in total. The summed E-state index contributed by atoms with van der Waals surface area (Å²) in [5.74, 6) is 0.564. The molecule has 1 aliphatic rings. The molecule has 1 aromatic heterocycles. The van der Waals surface area contributed by atoms with Gasteiger partial charge in [-0.1, -0.05) is 35.0 Å². The minimum atomic E-state index is -4.37. The number of aromatic nitrogens is 2. The van der Waals surface area contributed by atoms with Crippen LogP contribution >= 0.6 is 0 Å². The number of benzene rings is 2. The molecular weight excluding hydrogens is 383 g/mol. The lowest BCUT2D eigenvalue weighted by atomic mass is 10.1. The summed E-state index contributed by atoms with van der Waals surface area (Å²) in [6.45, 7) is 2.63. The van der Waals surface area contributed by atoms with E-state index in [0.717, 1.165) is 23.3 Å². The summed E-state index contributed by atoms with van der Waals surface area (Å²) in [5, 5.41) is 4.02. The molecule has 3 aromatic rings. The Balaban J connectivity index is 1.44. The van der Waals surface area contributed by atoms with Crippen molar-refractivity contribution in [1.82, 2.24) is 15.0 Å². The van der Waals surface area contributed by atoms with Crippen molar-refractivity contribution in [2.45, 2.75) is 32.0 Å². The molecule has 0 aliphatic carbocycles. The Bertz CT molecular complexity index is 1010. The molecule has 0 saturated carbocycles. The first kappa shape index (κ1) is 19.2. The molecule has 29 heavy (non-hydrogen) atoms. The van der Waals surface area contributed by atoms with E-state index in [1.807, 2.05) is 31.2 Å². The fourth-order valence-electron chi connectivity index (χ4n) is 3.33. The molecule has 8 heteroatoms. The second-order valence-corrected chi connectivity index (χ2v) is 7.19. The Morgan fingerprint density at radius 3 is 2.45 bits per heavy atom. The molecule has 2 aromatic carbocycles. The van der Waals surface area contributed by atoms with Crippen LogP contribution in [0.4, 0.5) is 13.2 Å². The van der Waals surface area contributed by atoms with Gasteiger partial charge in [0.2, 0.25) is 5.91 Å². The van der Waals surface area contributed by atoms with E-state index in [1.54, 1.807) is 4.90 Å². The number of nitrogens with zero attached hydrogens (tertiary/aromatic N) is 3. The summed E-state index contributed by atoms with van der Waals surface area (Å²) < 4.78 is 43.4. The summed E-state index contributed by atoms with van der Waals surface area (Å²) in [4.78, 5) is 18.4. The van der Waals surface area contributed by atoms with Gasteiger partial charge in [0.15, 0.2) is 5.82 Å². The van der Waals surface area contributed by atoms with Gasteiger partial charge in [0.25, 0.3) is 5.89 Å². The van der Waals surface area contributed by atoms with Crippen LogP contribution in [0.1, 0.15) is 34.9 Å². The van der Waals surface area contributed by atoms with Crippen LogP contribution in [0.25, 0.3) is 11.5 Å². The Hall–Kier alpha value is -3.16. The van der Waals surface area contributed by atoms with Gasteiger partial charge in [-0.3, -0.25) is 4.79 Å². The fourth-order valence-corrected chi connectivity index (χ4v) is 3.33. The molecular formula is C21H18F3N3O2. The second-order valence-electron chi connectivity index (χ2n) is 7.19. The maximum atomic E-state index is 12.7. The summed E-state index contributed by atoms with van der Waals surface area (Å²) in [5.41, 5.74) is 1.86. The van der Waals surface area contributed by atoms with E-state index in [4.69, 9.17) is 4.52 Å². The van der Waals surface area contributed by atoms with Gasteiger partial charge in [0.1, 0.15) is 0 Å². The number of hydrogen-bond acceptors (Lipinski definition) is 4. The number of halogens is 3. The van der Waals surface area contributed by atoms with E-state index in [1.165, 1.54) is 12.1 Å². The van der Waals surface area contributed by atoms with Crippen LogP contribution in [0.5, 0.6) is 0 Å². The number of aryl methyl sites for hydroxylation is 1. The molecule has 1 fully saturated rings. The molecule has 1 aliphatic heterocycles. The highest BCUT2D eigenvalue weighted by Gasteiger charge is 2.34. The second kappa shape index (κ2) is 7.35. The van der Waals surface area contributed by atoms with Crippen LogP contribution in [-0.4, -0.2) is 27.5 Å². The summed E-state index contributed by atoms with van der Waals surface area (Å²) in [6, 6.07) is 12.5. The maximum Gasteiger partial charge on any atom is 0.416 e. The third-order valence-electron chi connectivity index (χ3n) is 4.97. The number of rotatable bonds is 4.